The minimum atomic E-state index is -3.68. The molecule has 0 N–H and O–H groups in total. The number of rotatable bonds is 7. The van der Waals surface area contributed by atoms with Gasteiger partial charge in [-0.15, -0.1) is 0 Å². The number of anilines is 1. The Morgan fingerprint density at radius 2 is 1.81 bits per heavy atom. The number of benzene rings is 2. The van der Waals surface area contributed by atoms with Crippen molar-refractivity contribution in [2.75, 3.05) is 43.4 Å². The molecular weight excluding hydrogens is 496 g/mol. The van der Waals surface area contributed by atoms with Crippen molar-refractivity contribution in [3.63, 3.8) is 0 Å². The summed E-state index contributed by atoms with van der Waals surface area (Å²) in [5, 5.41) is 0. The number of aromatic nitrogens is 1. The van der Waals surface area contributed by atoms with Crippen molar-refractivity contribution < 1.29 is 21.9 Å². The Balaban J connectivity index is 1.22. The van der Waals surface area contributed by atoms with E-state index in [2.05, 4.69) is 22.0 Å². The minimum Gasteiger partial charge on any atom is -0.492 e. The SMILES string of the molecule is O=S(=O)(CC1CN(c2cc3c(cc2F)OCC(N2CCC2)C3Cc2ccccc2)C1)c1cncc(F)c1. The van der Waals surface area contributed by atoms with E-state index >= 15 is 4.39 Å². The molecule has 3 aliphatic heterocycles. The third-order valence-electron chi connectivity index (χ3n) is 7.80. The summed E-state index contributed by atoms with van der Waals surface area (Å²) in [5.41, 5.74) is 2.72. The number of hydrogen-bond acceptors (Lipinski definition) is 6. The van der Waals surface area contributed by atoms with Crippen LogP contribution >= 0.6 is 0 Å². The lowest BCUT2D eigenvalue weighted by Crippen LogP contribution is -2.53. The summed E-state index contributed by atoms with van der Waals surface area (Å²) < 4.78 is 60.2. The van der Waals surface area contributed by atoms with Crippen LogP contribution in [0.4, 0.5) is 14.5 Å². The van der Waals surface area contributed by atoms with E-state index in [1.165, 1.54) is 24.2 Å². The highest BCUT2D eigenvalue weighted by Gasteiger charge is 2.39. The van der Waals surface area contributed by atoms with Gasteiger partial charge in [0.25, 0.3) is 0 Å². The Labute approximate surface area is 215 Å². The Bertz CT molecular complexity index is 1390. The van der Waals surface area contributed by atoms with Gasteiger partial charge in [-0.1, -0.05) is 30.3 Å². The van der Waals surface area contributed by atoms with Crippen LogP contribution in [0.25, 0.3) is 0 Å². The number of sulfone groups is 1. The zero-order valence-electron chi connectivity index (χ0n) is 20.4. The van der Waals surface area contributed by atoms with Gasteiger partial charge in [0.2, 0.25) is 0 Å². The summed E-state index contributed by atoms with van der Waals surface area (Å²) in [7, 11) is -3.68. The molecule has 2 saturated heterocycles. The van der Waals surface area contributed by atoms with Crippen LogP contribution in [0.15, 0.2) is 65.8 Å². The molecule has 6 rings (SSSR count). The summed E-state index contributed by atoms with van der Waals surface area (Å²) in [5.74, 6) is -0.584. The lowest BCUT2D eigenvalue weighted by Gasteiger charge is -2.46. The molecule has 194 valence electrons. The fraction of sp³-hybridized carbons (Fsp3) is 0.393. The van der Waals surface area contributed by atoms with E-state index in [9.17, 15) is 12.8 Å². The highest BCUT2D eigenvalue weighted by atomic mass is 32.2. The summed E-state index contributed by atoms with van der Waals surface area (Å²) in [6.45, 7) is 3.47. The average molecular weight is 526 g/mol. The molecule has 2 aromatic carbocycles. The number of pyridine rings is 1. The monoisotopic (exact) mass is 525 g/mol. The van der Waals surface area contributed by atoms with Crippen LogP contribution in [0, 0.1) is 17.6 Å². The van der Waals surface area contributed by atoms with Gasteiger partial charge in [-0.3, -0.25) is 9.88 Å². The first kappa shape index (κ1) is 24.3. The number of ether oxygens (including phenoxy) is 1. The van der Waals surface area contributed by atoms with Gasteiger partial charge in [-0.05, 0) is 43.6 Å². The van der Waals surface area contributed by atoms with E-state index in [1.54, 1.807) is 0 Å². The van der Waals surface area contributed by atoms with Gasteiger partial charge in [0.05, 0.1) is 28.6 Å². The van der Waals surface area contributed by atoms with E-state index in [0.717, 1.165) is 37.3 Å². The molecule has 6 nitrogen and oxygen atoms in total. The highest BCUT2D eigenvalue weighted by Crippen LogP contribution is 2.43. The van der Waals surface area contributed by atoms with Crippen molar-refractivity contribution in [3.8, 4) is 5.75 Å². The molecule has 0 saturated carbocycles. The molecule has 0 amide bonds. The van der Waals surface area contributed by atoms with Gasteiger partial charge in [0, 0.05) is 42.8 Å². The van der Waals surface area contributed by atoms with Crippen molar-refractivity contribution in [2.45, 2.75) is 29.7 Å². The Hall–Kier alpha value is -3.04. The number of likely N-dealkylation sites (tertiary alicyclic amines) is 1. The van der Waals surface area contributed by atoms with Crippen LogP contribution in [0.3, 0.4) is 0 Å². The molecule has 2 atom stereocenters. The maximum absolute atomic E-state index is 15.2. The fourth-order valence-electron chi connectivity index (χ4n) is 5.70. The fourth-order valence-corrected chi connectivity index (χ4v) is 7.24. The third kappa shape index (κ3) is 4.82. The van der Waals surface area contributed by atoms with Crippen molar-refractivity contribution in [2.24, 2.45) is 5.92 Å². The molecule has 0 radical (unpaired) electrons. The minimum absolute atomic E-state index is 0.121. The molecule has 4 heterocycles. The Morgan fingerprint density at radius 3 is 2.51 bits per heavy atom. The predicted molar refractivity (Wildman–Crippen MR) is 137 cm³/mol. The topological polar surface area (TPSA) is 62.7 Å². The summed E-state index contributed by atoms with van der Waals surface area (Å²) in [4.78, 5) is 7.86. The second-order valence-corrected chi connectivity index (χ2v) is 12.3. The highest BCUT2D eigenvalue weighted by molar-refractivity contribution is 7.91. The van der Waals surface area contributed by atoms with Gasteiger partial charge in [-0.25, -0.2) is 17.2 Å². The standard InChI is InChI=1S/C28H29F2N3O3S/c29-21-10-22(14-31-13-21)37(34,35)18-20-15-33(16-20)26-11-24-23(9-19-5-2-1-3-6-19)27(32-7-4-8-32)17-36-28(24)12-25(26)30/h1-3,5-6,10-14,20,23,27H,4,7-9,15-18H2. The first-order valence-corrected chi connectivity index (χ1v) is 14.3. The number of hydrogen-bond donors (Lipinski definition) is 0. The van der Waals surface area contributed by atoms with Crippen LogP contribution in [0.2, 0.25) is 0 Å². The van der Waals surface area contributed by atoms with Crippen molar-refractivity contribution >= 4 is 15.5 Å². The zero-order valence-corrected chi connectivity index (χ0v) is 21.2. The summed E-state index contributed by atoms with van der Waals surface area (Å²) >= 11 is 0. The van der Waals surface area contributed by atoms with E-state index < -0.39 is 15.7 Å². The van der Waals surface area contributed by atoms with E-state index in [4.69, 9.17) is 4.74 Å². The molecular formula is C28H29F2N3O3S. The summed E-state index contributed by atoms with van der Waals surface area (Å²) in [6.07, 6.45) is 4.16. The quantitative estimate of drug-likeness (QED) is 0.464. The molecule has 0 spiro atoms. The van der Waals surface area contributed by atoms with Gasteiger partial charge < -0.3 is 9.64 Å². The predicted octanol–water partition coefficient (Wildman–Crippen LogP) is 4.06. The van der Waals surface area contributed by atoms with Crippen molar-refractivity contribution in [1.82, 2.24) is 9.88 Å². The molecule has 2 unspecified atom stereocenters. The van der Waals surface area contributed by atoms with Gasteiger partial charge in [0.15, 0.2) is 9.84 Å². The molecule has 3 aromatic rings. The zero-order chi connectivity index (χ0) is 25.6. The Kier molecular flexibility index (Phi) is 6.36. The maximum atomic E-state index is 15.2. The van der Waals surface area contributed by atoms with Gasteiger partial charge in [-0.2, -0.15) is 0 Å². The van der Waals surface area contributed by atoms with Crippen LogP contribution < -0.4 is 9.64 Å². The third-order valence-corrected chi connectivity index (χ3v) is 9.65. The van der Waals surface area contributed by atoms with E-state index in [1.807, 2.05) is 29.2 Å². The van der Waals surface area contributed by atoms with Gasteiger partial charge >= 0.3 is 0 Å². The molecule has 0 bridgehead atoms. The number of fused-ring (bicyclic) bond motifs is 1. The second kappa shape index (κ2) is 9.68. The molecule has 3 aliphatic rings. The molecule has 2 fully saturated rings. The van der Waals surface area contributed by atoms with Crippen molar-refractivity contribution in [3.05, 3.63) is 83.7 Å². The average Bonchev–Trinajstić information content (AvgIpc) is 2.82. The first-order valence-electron chi connectivity index (χ1n) is 12.7. The normalized spacial score (nSPS) is 22.1. The van der Waals surface area contributed by atoms with Gasteiger partial charge in [0.1, 0.15) is 24.0 Å². The van der Waals surface area contributed by atoms with E-state index in [-0.39, 0.29) is 34.3 Å². The van der Waals surface area contributed by atoms with Crippen LogP contribution in [0.5, 0.6) is 5.75 Å². The Morgan fingerprint density at radius 1 is 1.03 bits per heavy atom. The van der Waals surface area contributed by atoms with Crippen molar-refractivity contribution in [1.29, 1.82) is 0 Å². The lowest BCUT2D eigenvalue weighted by atomic mass is 9.81. The second-order valence-electron chi connectivity index (χ2n) is 10.3. The summed E-state index contributed by atoms with van der Waals surface area (Å²) in [6, 6.07) is 15.0. The number of halogens is 2. The molecule has 1 aromatic heterocycles. The van der Waals surface area contributed by atoms with Crippen LogP contribution in [0.1, 0.15) is 23.5 Å². The molecule has 0 aliphatic carbocycles. The molecule has 9 heteroatoms. The maximum Gasteiger partial charge on any atom is 0.180 e. The smallest absolute Gasteiger partial charge is 0.180 e. The largest absolute Gasteiger partial charge is 0.492 e. The van der Waals surface area contributed by atoms with Crippen LogP contribution in [-0.2, 0) is 16.3 Å². The number of nitrogens with zero attached hydrogens (tertiary/aromatic N) is 3. The van der Waals surface area contributed by atoms with E-state index in [0.29, 0.717) is 31.1 Å². The lowest BCUT2D eigenvalue weighted by molar-refractivity contribution is 0.0500. The molecule has 37 heavy (non-hydrogen) atoms. The first-order chi connectivity index (χ1) is 17.9. The van der Waals surface area contributed by atoms with Crippen LogP contribution in [-0.4, -0.2) is 62.9 Å².